The van der Waals surface area contributed by atoms with E-state index in [2.05, 4.69) is 26.9 Å². The van der Waals surface area contributed by atoms with Crippen LogP contribution in [0, 0.1) is 0 Å². The van der Waals surface area contributed by atoms with Gasteiger partial charge in [-0.1, -0.05) is 0 Å². The zero-order chi connectivity index (χ0) is 25.9. The number of hydrogen-bond acceptors (Lipinski definition) is 8. The molecule has 5 heterocycles. The minimum atomic E-state index is -5.08. The quantitative estimate of drug-likeness (QED) is 0.530. The van der Waals surface area contributed by atoms with Gasteiger partial charge in [0.25, 0.3) is 5.56 Å². The highest BCUT2D eigenvalue weighted by atomic mass is 19.4. The van der Waals surface area contributed by atoms with Gasteiger partial charge in [0.15, 0.2) is 5.65 Å². The van der Waals surface area contributed by atoms with Crippen LogP contribution in [0.1, 0.15) is 37.7 Å². The molecule has 3 aromatic heterocycles. The molecule has 11 nitrogen and oxygen atoms in total. The number of aromatic amines is 1. The highest BCUT2D eigenvalue weighted by Gasteiger charge is 2.38. The number of nitrogens with zero attached hydrogens (tertiary/aromatic N) is 5. The summed E-state index contributed by atoms with van der Waals surface area (Å²) in [5, 5.41) is 12.1. The van der Waals surface area contributed by atoms with Crippen molar-refractivity contribution in [3.8, 4) is 5.75 Å². The number of ether oxygens (including phenoxy) is 2. The van der Waals surface area contributed by atoms with Gasteiger partial charge in [0.05, 0.1) is 24.5 Å². The normalized spacial score (nSPS) is 18.2. The Balaban J connectivity index is 0.000000384. The number of pyridine rings is 1. The molecular weight excluding hydrogens is 485 g/mol. The van der Waals surface area contributed by atoms with Crippen molar-refractivity contribution < 1.29 is 32.5 Å². The second-order valence-electron chi connectivity index (χ2n) is 8.48. The molecule has 1 unspecified atom stereocenters. The molecule has 14 heteroatoms. The summed E-state index contributed by atoms with van der Waals surface area (Å²) in [6.45, 7) is 5.03. The number of aromatic nitrogens is 5. The monoisotopic (exact) mass is 510 g/mol. The molecule has 2 aliphatic heterocycles. The molecule has 0 amide bonds. The summed E-state index contributed by atoms with van der Waals surface area (Å²) in [6.07, 6.45) is 1.87. The fourth-order valence-electron chi connectivity index (χ4n) is 3.99. The van der Waals surface area contributed by atoms with Crippen LogP contribution in [0.2, 0.25) is 0 Å². The van der Waals surface area contributed by atoms with Gasteiger partial charge >= 0.3 is 12.1 Å². The molecule has 0 aliphatic carbocycles. The fourth-order valence-corrected chi connectivity index (χ4v) is 3.99. The Bertz CT molecular complexity index is 1240. The first-order valence-electron chi connectivity index (χ1n) is 11.3. The predicted octanol–water partition coefficient (Wildman–Crippen LogP) is 2.32. The molecule has 36 heavy (non-hydrogen) atoms. The number of nitrogens with one attached hydrogen (secondary N) is 1. The van der Waals surface area contributed by atoms with Crippen LogP contribution in [0.5, 0.6) is 5.75 Å². The van der Waals surface area contributed by atoms with E-state index < -0.39 is 12.1 Å². The maximum absolute atomic E-state index is 12.6. The van der Waals surface area contributed by atoms with Crippen molar-refractivity contribution in [1.29, 1.82) is 0 Å². The van der Waals surface area contributed by atoms with Crippen LogP contribution in [0.4, 0.5) is 13.2 Å². The summed E-state index contributed by atoms with van der Waals surface area (Å²) in [6, 6.07) is 3.97. The third-order valence-electron chi connectivity index (χ3n) is 6.02. The van der Waals surface area contributed by atoms with Gasteiger partial charge in [-0.3, -0.25) is 14.7 Å². The zero-order valence-corrected chi connectivity index (χ0v) is 19.3. The zero-order valence-electron chi connectivity index (χ0n) is 19.3. The lowest BCUT2D eigenvalue weighted by Crippen LogP contribution is -2.54. The Kier molecular flexibility index (Phi) is 7.54. The van der Waals surface area contributed by atoms with Crippen molar-refractivity contribution >= 4 is 17.0 Å². The number of likely N-dealkylation sites (tertiary alicyclic amines) is 1. The first kappa shape index (κ1) is 25.6. The van der Waals surface area contributed by atoms with Crippen LogP contribution in [-0.2, 0) is 9.53 Å². The summed E-state index contributed by atoms with van der Waals surface area (Å²) >= 11 is 0. The van der Waals surface area contributed by atoms with Crippen LogP contribution in [-0.4, -0.2) is 79.3 Å². The van der Waals surface area contributed by atoms with Gasteiger partial charge in [0.1, 0.15) is 23.1 Å². The molecule has 2 saturated heterocycles. The van der Waals surface area contributed by atoms with Crippen LogP contribution in [0.3, 0.4) is 0 Å². The number of carbonyl (C=O) groups is 1. The van der Waals surface area contributed by atoms with Crippen molar-refractivity contribution in [2.75, 3.05) is 26.3 Å². The van der Waals surface area contributed by atoms with Crippen molar-refractivity contribution in [3.63, 3.8) is 0 Å². The van der Waals surface area contributed by atoms with Gasteiger partial charge in [0, 0.05) is 32.5 Å². The molecule has 0 spiro atoms. The molecule has 3 aromatic rings. The van der Waals surface area contributed by atoms with E-state index in [9.17, 15) is 18.0 Å². The van der Waals surface area contributed by atoms with Crippen LogP contribution in [0.25, 0.3) is 11.0 Å². The molecule has 0 saturated carbocycles. The number of H-pyrrole nitrogens is 1. The number of rotatable bonds is 5. The van der Waals surface area contributed by atoms with Crippen LogP contribution < -0.4 is 10.3 Å². The molecule has 2 fully saturated rings. The van der Waals surface area contributed by atoms with E-state index in [1.54, 1.807) is 18.6 Å². The Hall–Kier alpha value is -3.52. The minimum absolute atomic E-state index is 0.0149. The first-order chi connectivity index (χ1) is 17.1. The van der Waals surface area contributed by atoms with Gasteiger partial charge in [-0.05, 0) is 31.9 Å². The molecule has 0 radical (unpaired) electrons. The van der Waals surface area contributed by atoms with Gasteiger partial charge in [-0.25, -0.2) is 14.5 Å². The molecular formula is C22H25F3N6O5. The lowest BCUT2D eigenvalue weighted by molar-refractivity contribution is -0.192. The first-order valence-corrected chi connectivity index (χ1v) is 11.3. The van der Waals surface area contributed by atoms with Crippen molar-refractivity contribution in [2.24, 2.45) is 0 Å². The smallest absolute Gasteiger partial charge is 0.486 e. The van der Waals surface area contributed by atoms with E-state index in [4.69, 9.17) is 24.4 Å². The van der Waals surface area contributed by atoms with E-state index in [-0.39, 0.29) is 23.7 Å². The third kappa shape index (κ3) is 5.82. The van der Waals surface area contributed by atoms with Gasteiger partial charge in [0.2, 0.25) is 0 Å². The second-order valence-corrected chi connectivity index (χ2v) is 8.48. The van der Waals surface area contributed by atoms with Crippen LogP contribution in [0.15, 0.2) is 35.5 Å². The number of alkyl halides is 3. The average Bonchev–Trinajstić information content (AvgIpc) is 3.26. The summed E-state index contributed by atoms with van der Waals surface area (Å²) in [7, 11) is 0. The van der Waals surface area contributed by atoms with Gasteiger partial charge < -0.3 is 19.6 Å². The second kappa shape index (κ2) is 10.6. The van der Waals surface area contributed by atoms with E-state index in [1.165, 1.54) is 0 Å². The SMILES string of the molecule is CC(c1nc2c(cnn2C2CCOCC2)c(=O)[nH]1)N1CC(Oc2cccnc2)C1.O=C(O)C(F)(F)F. The Morgan fingerprint density at radius 1 is 1.28 bits per heavy atom. The summed E-state index contributed by atoms with van der Waals surface area (Å²) in [4.78, 5) is 35.6. The van der Waals surface area contributed by atoms with E-state index in [0.717, 1.165) is 31.7 Å². The van der Waals surface area contributed by atoms with Gasteiger partial charge in [-0.15, -0.1) is 0 Å². The Morgan fingerprint density at radius 2 is 1.97 bits per heavy atom. The van der Waals surface area contributed by atoms with E-state index in [1.807, 2.05) is 16.8 Å². The number of halogens is 3. The third-order valence-corrected chi connectivity index (χ3v) is 6.02. The molecule has 1 atom stereocenters. The summed E-state index contributed by atoms with van der Waals surface area (Å²) in [5.74, 6) is -1.32. The number of carboxylic acid groups (broad SMARTS) is 1. The van der Waals surface area contributed by atoms with E-state index >= 15 is 0 Å². The topological polar surface area (TPSA) is 135 Å². The number of carboxylic acids is 1. The van der Waals surface area contributed by atoms with E-state index in [0.29, 0.717) is 30.1 Å². The predicted molar refractivity (Wildman–Crippen MR) is 120 cm³/mol. The maximum Gasteiger partial charge on any atom is 0.490 e. The fraction of sp³-hybridized carbons (Fsp3) is 0.500. The molecule has 5 rings (SSSR count). The summed E-state index contributed by atoms with van der Waals surface area (Å²) < 4.78 is 45.0. The van der Waals surface area contributed by atoms with Crippen molar-refractivity contribution in [1.82, 2.24) is 29.6 Å². The largest absolute Gasteiger partial charge is 0.490 e. The molecule has 0 aromatic carbocycles. The Morgan fingerprint density at radius 3 is 2.58 bits per heavy atom. The van der Waals surface area contributed by atoms with Crippen molar-refractivity contribution in [3.05, 3.63) is 46.9 Å². The molecule has 2 aliphatic rings. The number of fused-ring (bicyclic) bond motifs is 1. The highest BCUT2D eigenvalue weighted by molar-refractivity contribution is 5.73. The maximum atomic E-state index is 12.6. The molecule has 194 valence electrons. The van der Waals surface area contributed by atoms with Crippen molar-refractivity contribution in [2.45, 2.75) is 44.1 Å². The minimum Gasteiger partial charge on any atom is -0.486 e. The lowest BCUT2D eigenvalue weighted by Gasteiger charge is -2.42. The number of hydrogen-bond donors (Lipinski definition) is 2. The van der Waals surface area contributed by atoms with Gasteiger partial charge in [-0.2, -0.15) is 18.3 Å². The number of aliphatic carboxylic acids is 1. The Labute approximate surface area is 202 Å². The molecule has 0 bridgehead atoms. The summed E-state index contributed by atoms with van der Waals surface area (Å²) in [5.41, 5.74) is 0.519. The lowest BCUT2D eigenvalue weighted by atomic mass is 10.1. The van der Waals surface area contributed by atoms with Crippen LogP contribution >= 0.6 is 0 Å². The average molecular weight is 510 g/mol. The highest BCUT2D eigenvalue weighted by Crippen LogP contribution is 2.27. The molecule has 2 N–H and O–H groups in total. The standard InChI is InChI=1S/C20H24N6O3.C2HF3O2/c1-13(25-11-16(12-25)29-15-3-2-6-21-9-15)18-23-19-17(20(27)24-18)10-22-26(19)14-4-7-28-8-5-14;3-2(4,5)1(6)7/h2-3,6,9-10,13-14,16H,4-5,7-8,11-12H2,1H3,(H,23,24,27);(H,6,7).